The van der Waals surface area contributed by atoms with E-state index in [2.05, 4.69) is 4.85 Å². The van der Waals surface area contributed by atoms with Gasteiger partial charge in [0.25, 0.3) is 0 Å². The number of alkyl halides is 5. The highest BCUT2D eigenvalue weighted by Crippen LogP contribution is 2.68. The Morgan fingerprint density at radius 2 is 1.85 bits per heavy atom. The van der Waals surface area contributed by atoms with E-state index in [1.165, 1.54) is 0 Å². The summed E-state index contributed by atoms with van der Waals surface area (Å²) in [6.07, 6.45) is -3.44. The first-order valence-corrected chi connectivity index (χ1v) is 7.69. The van der Waals surface area contributed by atoms with Crippen molar-refractivity contribution in [3.8, 4) is 11.5 Å². The van der Waals surface area contributed by atoms with Crippen molar-refractivity contribution in [2.45, 2.75) is 30.0 Å². The summed E-state index contributed by atoms with van der Waals surface area (Å²) in [4.78, 5) is 3.02. The molecule has 2 unspecified atom stereocenters. The van der Waals surface area contributed by atoms with Crippen LogP contribution in [0.1, 0.15) is 29.3 Å². The summed E-state index contributed by atoms with van der Waals surface area (Å²) in [5.41, 5.74) is -6.19. The molecule has 0 heterocycles. The molecule has 2 atom stereocenters. The molecule has 4 rings (SSSR count). The largest absolute Gasteiger partial charge is 0.458 e. The maximum absolute atomic E-state index is 14.5. The zero-order valence-corrected chi connectivity index (χ0v) is 13.2. The zero-order valence-electron chi connectivity index (χ0n) is 13.2. The Kier molecular flexibility index (Phi) is 3.38. The predicted octanol–water partition coefficient (Wildman–Crippen LogP) is 5.51. The van der Waals surface area contributed by atoms with Crippen LogP contribution in [0.3, 0.4) is 0 Å². The van der Waals surface area contributed by atoms with Crippen LogP contribution >= 0.6 is 0 Å². The molecule has 0 aliphatic heterocycles. The smallest absolute Gasteiger partial charge is 0.346 e. The van der Waals surface area contributed by atoms with Crippen LogP contribution in [0.5, 0.6) is 11.5 Å². The fraction of sp³-hybridized carbons (Fsp3) is 0.278. The standard InChI is InChI=1S/C18H9F6NO2/c1-25-9-4-8(19)5-10(6-9)27-13-3-2-11-15-14(13)12(20)7-16(15,26)18(23,24)17(11,21)22/h2-6,12,26H,7H2. The molecule has 0 fully saturated rings. The van der Waals surface area contributed by atoms with Gasteiger partial charge in [-0.3, -0.25) is 0 Å². The van der Waals surface area contributed by atoms with Gasteiger partial charge in [0.05, 0.1) is 6.57 Å². The number of benzene rings is 2. The molecule has 2 aromatic carbocycles. The van der Waals surface area contributed by atoms with Crippen LogP contribution in [0.2, 0.25) is 0 Å². The normalized spacial score (nSPS) is 26.5. The first-order chi connectivity index (χ1) is 12.5. The van der Waals surface area contributed by atoms with Gasteiger partial charge < -0.3 is 9.84 Å². The summed E-state index contributed by atoms with van der Waals surface area (Å²) < 4.78 is 89.9. The van der Waals surface area contributed by atoms with Gasteiger partial charge in [0.15, 0.2) is 11.3 Å². The van der Waals surface area contributed by atoms with E-state index in [1.54, 1.807) is 0 Å². The van der Waals surface area contributed by atoms with Crippen LogP contribution in [0, 0.1) is 12.4 Å². The minimum atomic E-state index is -4.90. The van der Waals surface area contributed by atoms with Crippen LogP contribution in [0.25, 0.3) is 4.85 Å². The predicted molar refractivity (Wildman–Crippen MR) is 80.4 cm³/mol. The Bertz CT molecular complexity index is 1020. The third kappa shape index (κ3) is 2.07. The van der Waals surface area contributed by atoms with Crippen LogP contribution in [0.15, 0.2) is 30.3 Å². The molecule has 0 radical (unpaired) electrons. The maximum atomic E-state index is 14.5. The second kappa shape index (κ2) is 5.16. The topological polar surface area (TPSA) is 33.8 Å². The molecular formula is C18H9F6NO2. The van der Waals surface area contributed by atoms with Crippen LogP contribution < -0.4 is 4.74 Å². The molecule has 3 nitrogen and oxygen atoms in total. The molecule has 0 saturated heterocycles. The fourth-order valence-electron chi connectivity index (χ4n) is 3.68. The quantitative estimate of drug-likeness (QED) is 0.546. The number of halogens is 6. The highest BCUT2D eigenvalue weighted by Gasteiger charge is 2.79. The van der Waals surface area contributed by atoms with Crippen LogP contribution in [0.4, 0.5) is 32.0 Å². The van der Waals surface area contributed by atoms with Crippen molar-refractivity contribution in [3.05, 3.63) is 64.3 Å². The number of rotatable bonds is 2. The van der Waals surface area contributed by atoms with E-state index >= 15 is 0 Å². The molecule has 2 aliphatic rings. The average molecular weight is 385 g/mol. The highest BCUT2D eigenvalue weighted by molar-refractivity contribution is 5.61. The van der Waals surface area contributed by atoms with Gasteiger partial charge in [0.1, 0.15) is 23.5 Å². The molecule has 0 aromatic heterocycles. The van der Waals surface area contributed by atoms with Crippen molar-refractivity contribution in [1.29, 1.82) is 0 Å². The molecule has 140 valence electrons. The fourth-order valence-corrected chi connectivity index (χ4v) is 3.68. The monoisotopic (exact) mass is 385 g/mol. The summed E-state index contributed by atoms with van der Waals surface area (Å²) >= 11 is 0. The summed E-state index contributed by atoms with van der Waals surface area (Å²) in [6, 6.07) is 4.40. The Hall–Kier alpha value is -2.73. The average Bonchev–Trinajstić information content (AvgIpc) is 2.92. The highest BCUT2D eigenvalue weighted by atomic mass is 19.3. The number of hydrogen-bond donors (Lipinski definition) is 1. The van der Waals surface area contributed by atoms with E-state index in [1.807, 2.05) is 0 Å². The number of nitrogens with zero attached hydrogens (tertiary/aromatic N) is 1. The van der Waals surface area contributed by atoms with Crippen LogP contribution in [-0.2, 0) is 11.5 Å². The van der Waals surface area contributed by atoms with Gasteiger partial charge in [-0.15, -0.1) is 0 Å². The first-order valence-electron chi connectivity index (χ1n) is 7.69. The summed E-state index contributed by atoms with van der Waals surface area (Å²) in [7, 11) is 0. The van der Waals surface area contributed by atoms with Gasteiger partial charge in [-0.05, 0) is 24.3 Å². The number of ether oxygens (including phenoxy) is 1. The SMILES string of the molecule is [C-]#[N+]c1cc(F)cc(Oc2ccc3c4c2C(F)CC4(O)C(F)(F)C3(F)F)c1. The lowest BCUT2D eigenvalue weighted by Gasteiger charge is -2.30. The van der Waals surface area contributed by atoms with Crippen molar-refractivity contribution in [1.82, 2.24) is 0 Å². The van der Waals surface area contributed by atoms with E-state index in [-0.39, 0.29) is 11.4 Å². The molecule has 27 heavy (non-hydrogen) atoms. The van der Waals surface area contributed by atoms with Gasteiger partial charge in [0, 0.05) is 29.2 Å². The first kappa shape index (κ1) is 17.7. The van der Waals surface area contributed by atoms with Gasteiger partial charge in [-0.2, -0.15) is 17.6 Å². The molecule has 1 N–H and O–H groups in total. The van der Waals surface area contributed by atoms with E-state index in [9.17, 15) is 31.4 Å². The minimum Gasteiger partial charge on any atom is -0.458 e. The van der Waals surface area contributed by atoms with E-state index in [4.69, 9.17) is 11.3 Å². The van der Waals surface area contributed by atoms with Gasteiger partial charge in [-0.1, -0.05) is 0 Å². The van der Waals surface area contributed by atoms with Crippen molar-refractivity contribution in [2.75, 3.05) is 0 Å². The summed E-state index contributed by atoms with van der Waals surface area (Å²) in [5, 5.41) is 10.2. The lowest BCUT2D eigenvalue weighted by molar-refractivity contribution is -0.287. The third-order valence-corrected chi connectivity index (χ3v) is 4.87. The van der Waals surface area contributed by atoms with E-state index < -0.39 is 58.3 Å². The van der Waals surface area contributed by atoms with E-state index in [0.29, 0.717) is 6.07 Å². The van der Waals surface area contributed by atoms with Gasteiger partial charge in [-0.25, -0.2) is 13.6 Å². The molecule has 2 aliphatic carbocycles. The Labute approximate surface area is 148 Å². The second-order valence-electron chi connectivity index (χ2n) is 6.44. The molecule has 0 spiro atoms. The maximum Gasteiger partial charge on any atom is 0.346 e. The lowest BCUT2D eigenvalue weighted by Crippen LogP contribution is -2.48. The van der Waals surface area contributed by atoms with Crippen molar-refractivity contribution in [3.63, 3.8) is 0 Å². The Morgan fingerprint density at radius 1 is 1.15 bits per heavy atom. The second-order valence-corrected chi connectivity index (χ2v) is 6.44. The molecular weight excluding hydrogens is 376 g/mol. The Morgan fingerprint density at radius 3 is 2.52 bits per heavy atom. The van der Waals surface area contributed by atoms with Crippen molar-refractivity contribution < 1.29 is 36.2 Å². The molecule has 0 amide bonds. The number of hydrogen-bond acceptors (Lipinski definition) is 2. The zero-order chi connectivity index (χ0) is 19.8. The summed E-state index contributed by atoms with van der Waals surface area (Å²) in [6.45, 7) is 6.89. The third-order valence-electron chi connectivity index (χ3n) is 4.87. The molecule has 0 saturated carbocycles. The van der Waals surface area contributed by atoms with E-state index in [0.717, 1.165) is 24.3 Å². The van der Waals surface area contributed by atoms with Crippen molar-refractivity contribution in [2.24, 2.45) is 0 Å². The minimum absolute atomic E-state index is 0.131. The Balaban J connectivity index is 1.89. The number of aliphatic hydroxyl groups is 1. The molecule has 0 bridgehead atoms. The van der Waals surface area contributed by atoms with Gasteiger partial charge >= 0.3 is 11.8 Å². The molecule has 9 heteroatoms. The van der Waals surface area contributed by atoms with Gasteiger partial charge in [0.2, 0.25) is 0 Å². The lowest BCUT2D eigenvalue weighted by atomic mass is 9.95. The van der Waals surface area contributed by atoms with Crippen molar-refractivity contribution >= 4 is 5.69 Å². The summed E-state index contributed by atoms with van der Waals surface area (Å²) in [5.74, 6) is -11.1. The van der Waals surface area contributed by atoms with Crippen LogP contribution in [-0.4, -0.2) is 11.0 Å². The molecule has 2 aromatic rings.